The third kappa shape index (κ3) is 3.29. The minimum atomic E-state index is -0.350. The van der Waals surface area contributed by atoms with Gasteiger partial charge in [-0.2, -0.15) is 0 Å². The van der Waals surface area contributed by atoms with E-state index in [4.69, 9.17) is 11.6 Å². The van der Waals surface area contributed by atoms with Gasteiger partial charge in [0.2, 0.25) is 0 Å². The predicted molar refractivity (Wildman–Crippen MR) is 91.2 cm³/mol. The molecule has 0 saturated carbocycles. The smallest absolute Gasteiger partial charge is 0.142 e. The third-order valence-electron chi connectivity index (χ3n) is 3.38. The van der Waals surface area contributed by atoms with Gasteiger partial charge >= 0.3 is 0 Å². The Morgan fingerprint density at radius 2 is 2.10 bits per heavy atom. The zero-order valence-corrected chi connectivity index (χ0v) is 13.9. The molecule has 0 aliphatic heterocycles. The maximum atomic E-state index is 13.6. The molecule has 1 N–H and O–H groups in total. The summed E-state index contributed by atoms with van der Waals surface area (Å²) in [6.07, 6.45) is 0.760. The number of halogens is 2. The molecule has 0 spiro atoms. The molecule has 0 radical (unpaired) electrons. The molecule has 1 atom stereocenters. The van der Waals surface area contributed by atoms with Crippen molar-refractivity contribution in [3.05, 3.63) is 57.0 Å². The summed E-state index contributed by atoms with van der Waals surface area (Å²) < 4.78 is 16.2. The van der Waals surface area contributed by atoms with Crippen LogP contribution >= 0.6 is 34.3 Å². The van der Waals surface area contributed by atoms with E-state index in [2.05, 4.69) is 29.8 Å². The molecule has 110 valence electrons. The van der Waals surface area contributed by atoms with Crippen LogP contribution < -0.4 is 5.32 Å². The Balaban J connectivity index is 1.86. The lowest BCUT2D eigenvalue weighted by Gasteiger charge is -2.16. The number of nitrogens with one attached hydrogen (secondary N) is 1. The highest BCUT2D eigenvalue weighted by atomic mass is 35.5. The molecular formula is C16H15ClFNS2. The zero-order valence-electron chi connectivity index (χ0n) is 11.5. The average Bonchev–Trinajstić information content (AvgIpc) is 3.03. The van der Waals surface area contributed by atoms with Gasteiger partial charge in [0.05, 0.1) is 5.02 Å². The van der Waals surface area contributed by atoms with Gasteiger partial charge in [0.1, 0.15) is 5.82 Å². The number of benzene rings is 1. The zero-order chi connectivity index (χ0) is 14.8. The Kier molecular flexibility index (Phi) is 4.60. The van der Waals surface area contributed by atoms with Crippen molar-refractivity contribution in [2.75, 3.05) is 6.54 Å². The summed E-state index contributed by atoms with van der Waals surface area (Å²) in [6.45, 7) is 2.97. The van der Waals surface area contributed by atoms with Crippen LogP contribution in [0.25, 0.3) is 9.40 Å². The highest BCUT2D eigenvalue weighted by Crippen LogP contribution is 2.34. The van der Waals surface area contributed by atoms with E-state index < -0.39 is 0 Å². The van der Waals surface area contributed by atoms with Crippen LogP contribution in [-0.2, 0) is 6.42 Å². The van der Waals surface area contributed by atoms with E-state index >= 15 is 0 Å². The van der Waals surface area contributed by atoms with E-state index in [1.807, 2.05) is 6.07 Å². The molecule has 1 unspecified atom stereocenters. The van der Waals surface area contributed by atoms with Gasteiger partial charge in [0.15, 0.2) is 0 Å². The highest BCUT2D eigenvalue weighted by Gasteiger charge is 2.15. The van der Waals surface area contributed by atoms with Crippen LogP contribution in [0.15, 0.2) is 35.7 Å². The Bertz CT molecular complexity index is 721. The first kappa shape index (κ1) is 15.0. The van der Waals surface area contributed by atoms with E-state index in [1.54, 1.807) is 28.7 Å². The van der Waals surface area contributed by atoms with Crippen molar-refractivity contribution in [3.8, 4) is 0 Å². The van der Waals surface area contributed by atoms with Crippen LogP contribution in [0.5, 0.6) is 0 Å². The van der Waals surface area contributed by atoms with Gasteiger partial charge in [-0.05, 0) is 48.2 Å². The van der Waals surface area contributed by atoms with E-state index in [-0.39, 0.29) is 16.9 Å². The lowest BCUT2D eigenvalue weighted by Crippen LogP contribution is -2.22. The summed E-state index contributed by atoms with van der Waals surface area (Å²) >= 11 is 9.31. The minimum Gasteiger partial charge on any atom is -0.309 e. The SMILES string of the molecule is CCNC(Cc1ccc(Cl)c(F)c1)c1cc2sccc2s1. The molecule has 0 saturated heterocycles. The molecule has 3 aromatic rings. The molecule has 0 aliphatic rings. The summed E-state index contributed by atoms with van der Waals surface area (Å²) in [5.74, 6) is -0.350. The first-order valence-corrected chi connectivity index (χ1v) is 8.89. The fourth-order valence-electron chi connectivity index (χ4n) is 2.38. The Labute approximate surface area is 136 Å². The molecule has 0 aliphatic carbocycles. The lowest BCUT2D eigenvalue weighted by atomic mass is 10.0. The number of likely N-dealkylation sites (N-methyl/N-ethyl adjacent to an activating group) is 1. The number of hydrogen-bond donors (Lipinski definition) is 1. The molecule has 21 heavy (non-hydrogen) atoms. The van der Waals surface area contributed by atoms with Crippen LogP contribution in [0, 0.1) is 5.82 Å². The standard InChI is InChI=1S/C16H15ClFNS2/c1-2-19-13(8-10-3-4-11(17)12(18)7-10)15-9-16-14(21-15)5-6-20-16/h3-7,9,13,19H,2,8H2,1H3. The fourth-order valence-corrected chi connectivity index (χ4v) is 4.69. The molecule has 0 fully saturated rings. The number of fused-ring (bicyclic) bond motifs is 1. The number of thiophene rings is 2. The van der Waals surface area contributed by atoms with E-state index in [0.717, 1.165) is 18.5 Å². The second-order valence-corrected chi connectivity index (χ2v) is 7.33. The number of hydrogen-bond acceptors (Lipinski definition) is 3. The van der Waals surface area contributed by atoms with Crippen LogP contribution in [0.2, 0.25) is 5.02 Å². The first-order chi connectivity index (χ1) is 10.2. The normalized spacial score (nSPS) is 12.9. The topological polar surface area (TPSA) is 12.0 Å². The van der Waals surface area contributed by atoms with Crippen molar-refractivity contribution < 1.29 is 4.39 Å². The van der Waals surface area contributed by atoms with E-state index in [0.29, 0.717) is 0 Å². The van der Waals surface area contributed by atoms with Crippen LogP contribution in [0.1, 0.15) is 23.4 Å². The van der Waals surface area contributed by atoms with Crippen LogP contribution in [-0.4, -0.2) is 6.54 Å². The Hall–Kier alpha value is -0.940. The number of rotatable bonds is 5. The van der Waals surface area contributed by atoms with Crippen molar-refractivity contribution in [2.45, 2.75) is 19.4 Å². The highest BCUT2D eigenvalue weighted by molar-refractivity contribution is 7.26. The largest absolute Gasteiger partial charge is 0.309 e. The Morgan fingerprint density at radius 1 is 1.24 bits per heavy atom. The molecule has 1 nitrogen and oxygen atoms in total. The van der Waals surface area contributed by atoms with Crippen molar-refractivity contribution >= 4 is 43.7 Å². The summed E-state index contributed by atoms with van der Waals surface area (Å²) in [7, 11) is 0. The van der Waals surface area contributed by atoms with Gasteiger partial charge in [-0.15, -0.1) is 22.7 Å². The maximum absolute atomic E-state index is 13.6. The summed E-state index contributed by atoms with van der Waals surface area (Å²) in [6, 6.07) is 9.65. The second-order valence-electron chi connectivity index (χ2n) is 4.86. The predicted octanol–water partition coefficient (Wildman–Crippen LogP) is 5.65. The maximum Gasteiger partial charge on any atom is 0.142 e. The molecule has 5 heteroatoms. The van der Waals surface area contributed by atoms with Gasteiger partial charge < -0.3 is 5.32 Å². The molecule has 3 rings (SSSR count). The molecule has 0 bridgehead atoms. The van der Waals surface area contributed by atoms with Gasteiger partial charge in [-0.25, -0.2) is 4.39 Å². The van der Waals surface area contributed by atoms with Gasteiger partial charge in [0.25, 0.3) is 0 Å². The van der Waals surface area contributed by atoms with E-state index in [1.165, 1.54) is 20.3 Å². The van der Waals surface area contributed by atoms with Crippen molar-refractivity contribution in [3.63, 3.8) is 0 Å². The van der Waals surface area contributed by atoms with Gasteiger partial charge in [-0.1, -0.05) is 24.6 Å². The summed E-state index contributed by atoms with van der Waals surface area (Å²) in [4.78, 5) is 1.30. The molecule has 2 heterocycles. The monoisotopic (exact) mass is 339 g/mol. The molecular weight excluding hydrogens is 325 g/mol. The molecule has 0 amide bonds. The third-order valence-corrected chi connectivity index (χ3v) is 5.89. The van der Waals surface area contributed by atoms with Gasteiger partial charge in [0, 0.05) is 20.3 Å². The van der Waals surface area contributed by atoms with Crippen LogP contribution in [0.4, 0.5) is 4.39 Å². The molecule has 1 aromatic carbocycles. The van der Waals surface area contributed by atoms with Crippen molar-refractivity contribution in [1.82, 2.24) is 5.32 Å². The summed E-state index contributed by atoms with van der Waals surface area (Å²) in [5, 5.41) is 5.78. The first-order valence-electron chi connectivity index (χ1n) is 6.81. The van der Waals surface area contributed by atoms with Crippen molar-refractivity contribution in [1.29, 1.82) is 0 Å². The lowest BCUT2D eigenvalue weighted by molar-refractivity contribution is 0.555. The van der Waals surface area contributed by atoms with Crippen LogP contribution in [0.3, 0.4) is 0 Å². The van der Waals surface area contributed by atoms with Gasteiger partial charge in [-0.3, -0.25) is 0 Å². The fraction of sp³-hybridized carbons (Fsp3) is 0.250. The van der Waals surface area contributed by atoms with Crippen molar-refractivity contribution in [2.24, 2.45) is 0 Å². The average molecular weight is 340 g/mol. The van der Waals surface area contributed by atoms with E-state index in [9.17, 15) is 4.39 Å². The molecule has 2 aromatic heterocycles. The quantitative estimate of drug-likeness (QED) is 0.633. The summed E-state index contributed by atoms with van der Waals surface area (Å²) in [5.41, 5.74) is 0.958. The minimum absolute atomic E-state index is 0.176. The second kappa shape index (κ2) is 6.44. The Morgan fingerprint density at radius 3 is 2.81 bits per heavy atom.